The molecule has 0 radical (unpaired) electrons. The van der Waals surface area contributed by atoms with Crippen LogP contribution in [0.4, 0.5) is 5.13 Å². The number of fused-ring (bicyclic) bond motifs is 1. The second kappa shape index (κ2) is 10.1. The molecule has 0 spiro atoms. The van der Waals surface area contributed by atoms with Crippen molar-refractivity contribution in [2.45, 2.75) is 6.42 Å². The summed E-state index contributed by atoms with van der Waals surface area (Å²) >= 11 is 1.52. The zero-order valence-electron chi connectivity index (χ0n) is 17.9. The molecule has 0 N–H and O–H groups in total. The largest absolute Gasteiger partial charge is 0.497 e. The quantitative estimate of drug-likeness (QED) is 0.531. The van der Waals surface area contributed by atoms with Crippen LogP contribution in [0, 0.1) is 0 Å². The highest BCUT2D eigenvalue weighted by Gasteiger charge is 2.22. The number of rotatable bonds is 8. The fourth-order valence-electron chi connectivity index (χ4n) is 3.59. The molecule has 2 aromatic carbocycles. The van der Waals surface area contributed by atoms with E-state index in [4.69, 9.17) is 19.2 Å². The lowest BCUT2D eigenvalue weighted by atomic mass is 10.2. The van der Waals surface area contributed by atoms with E-state index in [-0.39, 0.29) is 5.91 Å². The lowest BCUT2D eigenvalue weighted by Crippen LogP contribution is -2.39. The number of nitrogens with zero attached hydrogens (tertiary/aromatic N) is 3. The molecular weight excluding hydrogens is 414 g/mol. The Bertz CT molecular complexity index is 1020. The molecule has 8 heteroatoms. The first-order chi connectivity index (χ1) is 15.2. The molecule has 3 aromatic rings. The molecule has 2 heterocycles. The van der Waals surface area contributed by atoms with Gasteiger partial charge in [-0.1, -0.05) is 11.3 Å². The van der Waals surface area contributed by atoms with Crippen LogP contribution in [-0.4, -0.2) is 69.4 Å². The Balaban J connectivity index is 1.57. The fraction of sp³-hybridized carbons (Fsp3) is 0.391. The molecule has 0 saturated carbocycles. The summed E-state index contributed by atoms with van der Waals surface area (Å²) in [5.41, 5.74) is 1.45. The number of anilines is 1. The number of benzene rings is 2. The van der Waals surface area contributed by atoms with Crippen molar-refractivity contribution in [1.29, 1.82) is 0 Å². The molecule has 1 fully saturated rings. The first kappa shape index (κ1) is 21.5. The minimum Gasteiger partial charge on any atom is -0.497 e. The second-order valence-corrected chi connectivity index (χ2v) is 8.33. The first-order valence-corrected chi connectivity index (χ1v) is 11.2. The van der Waals surface area contributed by atoms with Crippen molar-refractivity contribution in [3.05, 3.63) is 48.0 Å². The average molecular weight is 442 g/mol. The highest BCUT2D eigenvalue weighted by Crippen LogP contribution is 2.32. The number of hydrogen-bond donors (Lipinski definition) is 0. The van der Waals surface area contributed by atoms with Gasteiger partial charge in [0.25, 0.3) is 5.91 Å². The summed E-state index contributed by atoms with van der Waals surface area (Å²) in [6.07, 6.45) is 0.862. The standard InChI is InChI=1S/C23H27N3O4S/c1-28-18-6-4-17(5-7-18)22(27)26(11-3-10-25-12-14-30-15-13-25)23-24-20-16-19(29-2)8-9-21(20)31-23/h4-9,16H,3,10-15H2,1-2H3. The van der Waals surface area contributed by atoms with Crippen molar-refractivity contribution < 1.29 is 19.0 Å². The summed E-state index contributed by atoms with van der Waals surface area (Å²) in [5, 5.41) is 0.700. The van der Waals surface area contributed by atoms with Gasteiger partial charge in [0.2, 0.25) is 0 Å². The molecule has 0 unspecified atom stereocenters. The Morgan fingerprint density at radius 2 is 1.81 bits per heavy atom. The predicted molar refractivity (Wildman–Crippen MR) is 123 cm³/mol. The van der Waals surface area contributed by atoms with Crippen LogP contribution in [-0.2, 0) is 4.74 Å². The van der Waals surface area contributed by atoms with Gasteiger partial charge in [-0.25, -0.2) is 4.98 Å². The van der Waals surface area contributed by atoms with Crippen LogP contribution in [0.1, 0.15) is 16.8 Å². The zero-order valence-corrected chi connectivity index (χ0v) is 18.7. The molecule has 164 valence electrons. The maximum atomic E-state index is 13.4. The van der Waals surface area contributed by atoms with Crippen molar-refractivity contribution in [2.24, 2.45) is 0 Å². The smallest absolute Gasteiger partial charge is 0.260 e. The summed E-state index contributed by atoms with van der Waals surface area (Å²) in [7, 11) is 3.25. The van der Waals surface area contributed by atoms with Gasteiger partial charge in [-0.2, -0.15) is 0 Å². The van der Waals surface area contributed by atoms with Crippen LogP contribution in [0.15, 0.2) is 42.5 Å². The minimum absolute atomic E-state index is 0.0596. The molecule has 0 bridgehead atoms. The summed E-state index contributed by atoms with van der Waals surface area (Å²) in [6, 6.07) is 13.0. The van der Waals surface area contributed by atoms with E-state index in [0.29, 0.717) is 17.2 Å². The zero-order chi connectivity index (χ0) is 21.6. The Morgan fingerprint density at radius 1 is 1.10 bits per heavy atom. The van der Waals surface area contributed by atoms with E-state index >= 15 is 0 Å². The third kappa shape index (κ3) is 5.15. The third-order valence-electron chi connectivity index (χ3n) is 5.36. The predicted octanol–water partition coefficient (Wildman–Crippen LogP) is 3.68. The summed E-state index contributed by atoms with van der Waals surface area (Å²) in [6.45, 7) is 4.94. The first-order valence-electron chi connectivity index (χ1n) is 10.4. The van der Waals surface area contributed by atoms with E-state index in [1.165, 1.54) is 11.3 Å². The van der Waals surface area contributed by atoms with Gasteiger partial charge in [0.1, 0.15) is 11.5 Å². The van der Waals surface area contributed by atoms with E-state index in [2.05, 4.69) is 4.90 Å². The van der Waals surface area contributed by atoms with Gasteiger partial charge in [-0.05, 0) is 42.8 Å². The van der Waals surface area contributed by atoms with Gasteiger partial charge in [-0.3, -0.25) is 14.6 Å². The van der Waals surface area contributed by atoms with Crippen LogP contribution in [0.3, 0.4) is 0 Å². The Labute approximate surface area is 186 Å². The number of ether oxygens (including phenoxy) is 3. The number of aromatic nitrogens is 1. The van der Waals surface area contributed by atoms with E-state index in [9.17, 15) is 4.79 Å². The molecule has 1 aliphatic rings. The van der Waals surface area contributed by atoms with Crippen LogP contribution < -0.4 is 14.4 Å². The Kier molecular flexibility index (Phi) is 7.01. The Hall–Kier alpha value is -2.68. The van der Waals surface area contributed by atoms with Gasteiger partial charge in [-0.15, -0.1) is 0 Å². The van der Waals surface area contributed by atoms with Crippen LogP contribution in [0.5, 0.6) is 11.5 Å². The molecule has 31 heavy (non-hydrogen) atoms. The molecular formula is C23H27N3O4S. The van der Waals surface area contributed by atoms with Crippen molar-refractivity contribution in [1.82, 2.24) is 9.88 Å². The average Bonchev–Trinajstić information content (AvgIpc) is 3.25. The number of carbonyl (C=O) groups is 1. The van der Waals surface area contributed by atoms with Gasteiger partial charge < -0.3 is 14.2 Å². The number of amides is 1. The SMILES string of the molecule is COc1ccc(C(=O)N(CCCN2CCOCC2)c2nc3cc(OC)ccc3s2)cc1. The van der Waals surface area contributed by atoms with Crippen molar-refractivity contribution >= 4 is 32.6 Å². The monoisotopic (exact) mass is 441 g/mol. The molecule has 4 rings (SSSR count). The molecule has 0 atom stereocenters. The molecule has 1 aliphatic heterocycles. The molecule has 1 aromatic heterocycles. The van der Waals surface area contributed by atoms with Crippen molar-refractivity contribution in [2.75, 3.05) is 58.5 Å². The molecule has 1 saturated heterocycles. The maximum Gasteiger partial charge on any atom is 0.260 e. The molecule has 1 amide bonds. The van der Waals surface area contributed by atoms with E-state index in [0.717, 1.165) is 61.0 Å². The van der Waals surface area contributed by atoms with Gasteiger partial charge in [0.05, 0.1) is 37.6 Å². The van der Waals surface area contributed by atoms with Gasteiger partial charge in [0.15, 0.2) is 5.13 Å². The number of morpholine rings is 1. The van der Waals surface area contributed by atoms with Gasteiger partial charge in [0, 0.05) is 37.8 Å². The van der Waals surface area contributed by atoms with Crippen LogP contribution >= 0.6 is 11.3 Å². The van der Waals surface area contributed by atoms with E-state index in [1.54, 1.807) is 31.3 Å². The fourth-order valence-corrected chi connectivity index (χ4v) is 4.56. The number of methoxy groups -OCH3 is 2. The van der Waals surface area contributed by atoms with Crippen LogP contribution in [0.25, 0.3) is 10.2 Å². The summed E-state index contributed by atoms with van der Waals surface area (Å²) in [4.78, 5) is 22.3. The van der Waals surface area contributed by atoms with E-state index < -0.39 is 0 Å². The molecule has 0 aliphatic carbocycles. The Morgan fingerprint density at radius 3 is 2.52 bits per heavy atom. The topological polar surface area (TPSA) is 64.1 Å². The van der Waals surface area contributed by atoms with Crippen LogP contribution in [0.2, 0.25) is 0 Å². The number of thiazole rings is 1. The lowest BCUT2D eigenvalue weighted by Gasteiger charge is -2.27. The van der Waals surface area contributed by atoms with Crippen molar-refractivity contribution in [3.8, 4) is 11.5 Å². The lowest BCUT2D eigenvalue weighted by molar-refractivity contribution is 0.0376. The minimum atomic E-state index is -0.0596. The van der Waals surface area contributed by atoms with Crippen molar-refractivity contribution in [3.63, 3.8) is 0 Å². The maximum absolute atomic E-state index is 13.4. The number of carbonyl (C=O) groups excluding carboxylic acids is 1. The summed E-state index contributed by atoms with van der Waals surface area (Å²) < 4.78 is 17.0. The number of hydrogen-bond acceptors (Lipinski definition) is 7. The molecule has 7 nitrogen and oxygen atoms in total. The normalized spacial score (nSPS) is 14.5. The third-order valence-corrected chi connectivity index (χ3v) is 6.42. The van der Waals surface area contributed by atoms with Gasteiger partial charge >= 0.3 is 0 Å². The highest BCUT2D eigenvalue weighted by molar-refractivity contribution is 7.22. The second-order valence-electron chi connectivity index (χ2n) is 7.32. The van der Waals surface area contributed by atoms with E-state index in [1.807, 2.05) is 30.3 Å². The highest BCUT2D eigenvalue weighted by atomic mass is 32.1. The summed E-state index contributed by atoms with van der Waals surface area (Å²) in [5.74, 6) is 1.42.